The predicted octanol–water partition coefficient (Wildman–Crippen LogP) is 1.97. The molecule has 4 heteroatoms. The molecule has 0 aliphatic heterocycles. The van der Waals surface area contributed by atoms with Crippen LogP contribution in [0.15, 0.2) is 30.3 Å². The molecule has 1 unspecified atom stereocenters. The Bertz CT molecular complexity index is 354. The van der Waals surface area contributed by atoms with E-state index in [9.17, 15) is 4.79 Å². The summed E-state index contributed by atoms with van der Waals surface area (Å²) in [6.45, 7) is 3.50. The molecule has 0 spiro atoms. The van der Waals surface area contributed by atoms with Crippen molar-refractivity contribution in [2.75, 3.05) is 25.0 Å². The van der Waals surface area contributed by atoms with Gasteiger partial charge in [0, 0.05) is 18.8 Å². The molecule has 18 heavy (non-hydrogen) atoms. The van der Waals surface area contributed by atoms with Gasteiger partial charge in [0.1, 0.15) is 6.04 Å². The summed E-state index contributed by atoms with van der Waals surface area (Å²) in [5, 5.41) is 11.9. The number of carboxylic acid groups (broad SMARTS) is 1. The summed E-state index contributed by atoms with van der Waals surface area (Å²) in [5.74, 6) is -0.810. The summed E-state index contributed by atoms with van der Waals surface area (Å²) in [5.41, 5.74) is 1.08. The standard InChI is InChI=1S/C14H22N2O2/c1-3-4-10-16(11-13(15-2)14(17)18)12-8-6-5-7-9-12/h5-9,13,15H,3-4,10-11H2,1-2H3,(H,17,18). The minimum atomic E-state index is -0.810. The lowest BCUT2D eigenvalue weighted by molar-refractivity contribution is -0.139. The SMILES string of the molecule is CCCCN(CC(NC)C(=O)O)c1ccccc1. The number of hydrogen-bond donors (Lipinski definition) is 2. The molecular weight excluding hydrogens is 228 g/mol. The molecule has 0 aliphatic rings. The van der Waals surface area contributed by atoms with E-state index < -0.39 is 12.0 Å². The first-order valence-electron chi connectivity index (χ1n) is 6.39. The Morgan fingerprint density at radius 3 is 2.56 bits per heavy atom. The Kier molecular flexibility index (Phi) is 6.22. The number of unbranched alkanes of at least 4 members (excludes halogenated alkanes) is 1. The van der Waals surface area contributed by atoms with Crippen molar-refractivity contribution >= 4 is 11.7 Å². The van der Waals surface area contributed by atoms with Crippen LogP contribution in [0.25, 0.3) is 0 Å². The molecule has 0 saturated carbocycles. The third-order valence-electron chi connectivity index (χ3n) is 2.95. The summed E-state index contributed by atoms with van der Waals surface area (Å²) in [6, 6.07) is 9.41. The fourth-order valence-electron chi connectivity index (χ4n) is 1.83. The molecule has 2 N–H and O–H groups in total. The van der Waals surface area contributed by atoms with E-state index in [1.54, 1.807) is 7.05 Å². The number of rotatable bonds is 8. The summed E-state index contributed by atoms with van der Waals surface area (Å²) in [7, 11) is 1.68. The number of para-hydroxylation sites is 1. The zero-order chi connectivity index (χ0) is 13.4. The van der Waals surface area contributed by atoms with Crippen LogP contribution in [0.5, 0.6) is 0 Å². The fraction of sp³-hybridized carbons (Fsp3) is 0.500. The molecule has 0 fully saturated rings. The van der Waals surface area contributed by atoms with Crippen LogP contribution < -0.4 is 10.2 Å². The number of carboxylic acids is 1. The summed E-state index contributed by atoms with van der Waals surface area (Å²) < 4.78 is 0. The first-order chi connectivity index (χ1) is 8.69. The van der Waals surface area contributed by atoms with E-state index in [0.717, 1.165) is 25.1 Å². The highest BCUT2D eigenvalue weighted by Crippen LogP contribution is 2.14. The summed E-state index contributed by atoms with van der Waals surface area (Å²) in [6.07, 6.45) is 2.16. The first kappa shape index (κ1) is 14.5. The van der Waals surface area contributed by atoms with Crippen LogP contribution in [-0.4, -0.2) is 37.3 Å². The second kappa shape index (κ2) is 7.71. The van der Waals surface area contributed by atoms with Gasteiger partial charge in [-0.25, -0.2) is 0 Å². The maximum atomic E-state index is 11.1. The second-order valence-electron chi connectivity index (χ2n) is 4.31. The zero-order valence-corrected chi connectivity index (χ0v) is 11.1. The van der Waals surface area contributed by atoms with Gasteiger partial charge in [0.15, 0.2) is 0 Å². The van der Waals surface area contributed by atoms with Crippen LogP contribution in [0.3, 0.4) is 0 Å². The fourth-order valence-corrected chi connectivity index (χ4v) is 1.83. The molecule has 0 radical (unpaired) electrons. The van der Waals surface area contributed by atoms with Gasteiger partial charge in [-0.05, 0) is 25.6 Å². The minimum Gasteiger partial charge on any atom is -0.480 e. The number of anilines is 1. The van der Waals surface area contributed by atoms with Crippen molar-refractivity contribution < 1.29 is 9.90 Å². The Balaban J connectivity index is 2.75. The summed E-state index contributed by atoms with van der Waals surface area (Å²) in [4.78, 5) is 13.2. The maximum Gasteiger partial charge on any atom is 0.322 e. The average molecular weight is 250 g/mol. The highest BCUT2D eigenvalue weighted by molar-refractivity contribution is 5.74. The molecule has 0 aromatic heterocycles. The maximum absolute atomic E-state index is 11.1. The van der Waals surface area contributed by atoms with Gasteiger partial charge in [-0.3, -0.25) is 4.79 Å². The Morgan fingerprint density at radius 1 is 1.39 bits per heavy atom. The van der Waals surface area contributed by atoms with E-state index in [1.165, 1.54) is 0 Å². The van der Waals surface area contributed by atoms with E-state index in [1.807, 2.05) is 30.3 Å². The number of hydrogen-bond acceptors (Lipinski definition) is 3. The Morgan fingerprint density at radius 2 is 2.06 bits per heavy atom. The van der Waals surface area contributed by atoms with Gasteiger partial charge in [0.05, 0.1) is 0 Å². The molecule has 1 atom stereocenters. The smallest absolute Gasteiger partial charge is 0.322 e. The molecule has 0 saturated heterocycles. The van der Waals surface area contributed by atoms with Crippen molar-refractivity contribution in [2.45, 2.75) is 25.8 Å². The van der Waals surface area contributed by atoms with Gasteiger partial charge in [0.25, 0.3) is 0 Å². The van der Waals surface area contributed by atoms with Crippen molar-refractivity contribution in [2.24, 2.45) is 0 Å². The molecule has 0 bridgehead atoms. The molecule has 1 rings (SSSR count). The predicted molar refractivity (Wildman–Crippen MR) is 74.0 cm³/mol. The topological polar surface area (TPSA) is 52.6 Å². The molecule has 1 aromatic rings. The van der Waals surface area contributed by atoms with Crippen LogP contribution in [-0.2, 0) is 4.79 Å². The van der Waals surface area contributed by atoms with E-state index in [-0.39, 0.29) is 0 Å². The van der Waals surface area contributed by atoms with E-state index in [2.05, 4.69) is 17.1 Å². The van der Waals surface area contributed by atoms with Crippen LogP contribution >= 0.6 is 0 Å². The number of aliphatic carboxylic acids is 1. The van der Waals surface area contributed by atoms with E-state index in [0.29, 0.717) is 6.54 Å². The Labute approximate surface area is 109 Å². The lowest BCUT2D eigenvalue weighted by Crippen LogP contribution is -2.45. The number of nitrogens with zero attached hydrogens (tertiary/aromatic N) is 1. The van der Waals surface area contributed by atoms with Gasteiger partial charge in [-0.2, -0.15) is 0 Å². The zero-order valence-electron chi connectivity index (χ0n) is 11.1. The molecule has 4 nitrogen and oxygen atoms in total. The lowest BCUT2D eigenvalue weighted by Gasteiger charge is -2.27. The first-order valence-corrected chi connectivity index (χ1v) is 6.39. The van der Waals surface area contributed by atoms with Gasteiger partial charge >= 0.3 is 5.97 Å². The molecule has 1 aromatic carbocycles. The second-order valence-corrected chi connectivity index (χ2v) is 4.31. The van der Waals surface area contributed by atoms with Gasteiger partial charge < -0.3 is 15.3 Å². The average Bonchev–Trinajstić information content (AvgIpc) is 2.39. The van der Waals surface area contributed by atoms with Crippen molar-refractivity contribution in [1.82, 2.24) is 5.32 Å². The van der Waals surface area contributed by atoms with E-state index in [4.69, 9.17) is 5.11 Å². The lowest BCUT2D eigenvalue weighted by atomic mass is 10.2. The van der Waals surface area contributed by atoms with Crippen molar-refractivity contribution in [1.29, 1.82) is 0 Å². The van der Waals surface area contributed by atoms with E-state index >= 15 is 0 Å². The minimum absolute atomic E-state index is 0.482. The number of carbonyl (C=O) groups is 1. The number of nitrogens with one attached hydrogen (secondary N) is 1. The van der Waals surface area contributed by atoms with Crippen molar-refractivity contribution in [3.8, 4) is 0 Å². The molecular formula is C14H22N2O2. The van der Waals surface area contributed by atoms with Crippen LogP contribution in [0.1, 0.15) is 19.8 Å². The van der Waals surface area contributed by atoms with Gasteiger partial charge in [0.2, 0.25) is 0 Å². The van der Waals surface area contributed by atoms with Crippen molar-refractivity contribution in [3.63, 3.8) is 0 Å². The monoisotopic (exact) mass is 250 g/mol. The number of benzene rings is 1. The third kappa shape index (κ3) is 4.37. The highest BCUT2D eigenvalue weighted by atomic mass is 16.4. The van der Waals surface area contributed by atoms with Crippen molar-refractivity contribution in [3.05, 3.63) is 30.3 Å². The molecule has 0 aliphatic carbocycles. The highest BCUT2D eigenvalue weighted by Gasteiger charge is 2.19. The third-order valence-corrected chi connectivity index (χ3v) is 2.95. The molecule has 0 heterocycles. The Hall–Kier alpha value is -1.55. The van der Waals surface area contributed by atoms with Crippen LogP contribution in [0.4, 0.5) is 5.69 Å². The number of likely N-dealkylation sites (N-methyl/N-ethyl adjacent to an activating group) is 1. The van der Waals surface area contributed by atoms with Crippen LogP contribution in [0, 0.1) is 0 Å². The largest absolute Gasteiger partial charge is 0.480 e. The summed E-state index contributed by atoms with van der Waals surface area (Å²) >= 11 is 0. The quantitative estimate of drug-likeness (QED) is 0.740. The normalized spacial score (nSPS) is 12.1. The van der Waals surface area contributed by atoms with Gasteiger partial charge in [-0.15, -0.1) is 0 Å². The molecule has 100 valence electrons. The van der Waals surface area contributed by atoms with Gasteiger partial charge in [-0.1, -0.05) is 31.5 Å². The molecule has 0 amide bonds. The van der Waals surface area contributed by atoms with Crippen LogP contribution in [0.2, 0.25) is 0 Å².